The highest BCUT2D eigenvalue weighted by Gasteiger charge is 2.12. The molecule has 2 rings (SSSR count). The molecule has 2 aromatic rings. The van der Waals surface area contributed by atoms with Crippen LogP contribution in [0.2, 0.25) is 0 Å². The number of nitrogens with zero attached hydrogens (tertiary/aromatic N) is 1. The van der Waals surface area contributed by atoms with Crippen LogP contribution in [0.15, 0.2) is 18.2 Å². The van der Waals surface area contributed by atoms with Gasteiger partial charge in [-0.25, -0.2) is 4.98 Å². The molecule has 0 radical (unpaired) electrons. The summed E-state index contributed by atoms with van der Waals surface area (Å²) >= 11 is 1.58. The van der Waals surface area contributed by atoms with E-state index in [1.807, 2.05) is 26.0 Å². The Morgan fingerprint density at radius 1 is 1.35 bits per heavy atom. The molecule has 90 valence electrons. The van der Waals surface area contributed by atoms with Crippen LogP contribution in [0, 0.1) is 13.8 Å². The second-order valence-electron chi connectivity index (χ2n) is 3.88. The molecular formula is C13H15NO2S. The van der Waals surface area contributed by atoms with Crippen molar-refractivity contribution in [3.8, 4) is 16.3 Å². The molecule has 0 bridgehead atoms. The van der Waals surface area contributed by atoms with Gasteiger partial charge in [-0.15, -0.1) is 11.3 Å². The molecule has 0 aliphatic carbocycles. The van der Waals surface area contributed by atoms with Gasteiger partial charge in [-0.05, 0) is 26.0 Å². The van der Waals surface area contributed by atoms with Gasteiger partial charge in [0, 0.05) is 4.88 Å². The van der Waals surface area contributed by atoms with Gasteiger partial charge in [0.05, 0.1) is 25.0 Å². The predicted octanol–water partition coefficient (Wildman–Crippen LogP) is 2.93. The number of thiazole rings is 1. The summed E-state index contributed by atoms with van der Waals surface area (Å²) in [5.41, 5.74) is 2.90. The molecule has 1 aromatic carbocycles. The minimum atomic E-state index is -0.0174. The van der Waals surface area contributed by atoms with Crippen LogP contribution in [0.1, 0.15) is 16.1 Å². The van der Waals surface area contributed by atoms with Gasteiger partial charge in [0.15, 0.2) is 0 Å². The second-order valence-corrected chi connectivity index (χ2v) is 5.09. The Hall–Kier alpha value is -1.39. The molecule has 3 nitrogen and oxygen atoms in total. The van der Waals surface area contributed by atoms with E-state index < -0.39 is 0 Å². The number of ether oxygens (including phenoxy) is 1. The van der Waals surface area contributed by atoms with Crippen LogP contribution in [0.3, 0.4) is 0 Å². The fourth-order valence-corrected chi connectivity index (χ4v) is 2.62. The standard InChI is InChI=1S/C13H15NO2S/c1-8-4-5-12(16-3)10(6-8)13-14-11(7-15)9(2)17-13/h4-6,15H,7H2,1-3H3. The van der Waals surface area contributed by atoms with Gasteiger partial charge in [-0.3, -0.25) is 0 Å². The van der Waals surface area contributed by atoms with Gasteiger partial charge in [-0.2, -0.15) is 0 Å². The van der Waals surface area contributed by atoms with E-state index in [4.69, 9.17) is 4.74 Å². The highest BCUT2D eigenvalue weighted by Crippen LogP contribution is 2.34. The van der Waals surface area contributed by atoms with Gasteiger partial charge in [0.2, 0.25) is 0 Å². The maximum absolute atomic E-state index is 9.17. The lowest BCUT2D eigenvalue weighted by Crippen LogP contribution is -1.89. The van der Waals surface area contributed by atoms with E-state index in [1.165, 1.54) is 5.56 Å². The lowest BCUT2D eigenvalue weighted by atomic mass is 10.1. The molecule has 0 spiro atoms. The van der Waals surface area contributed by atoms with Crippen LogP contribution >= 0.6 is 11.3 Å². The van der Waals surface area contributed by atoms with E-state index in [0.29, 0.717) is 0 Å². The Kier molecular flexibility index (Phi) is 3.45. The molecule has 0 amide bonds. The van der Waals surface area contributed by atoms with Crippen LogP contribution in [-0.4, -0.2) is 17.2 Å². The molecule has 0 atom stereocenters. The van der Waals surface area contributed by atoms with Crippen molar-refractivity contribution in [3.63, 3.8) is 0 Å². The first-order valence-corrected chi connectivity index (χ1v) is 6.19. The molecule has 17 heavy (non-hydrogen) atoms. The number of rotatable bonds is 3. The zero-order valence-corrected chi connectivity index (χ0v) is 11.0. The van der Waals surface area contributed by atoms with E-state index in [0.717, 1.165) is 26.9 Å². The molecule has 4 heteroatoms. The molecule has 0 fully saturated rings. The lowest BCUT2D eigenvalue weighted by Gasteiger charge is -2.06. The predicted molar refractivity (Wildman–Crippen MR) is 69.5 cm³/mol. The molecule has 0 saturated carbocycles. The summed E-state index contributed by atoms with van der Waals surface area (Å²) in [7, 11) is 1.65. The Labute approximate surface area is 105 Å². The number of aryl methyl sites for hydroxylation is 2. The normalized spacial score (nSPS) is 10.6. The number of hydrogen-bond acceptors (Lipinski definition) is 4. The van der Waals surface area contributed by atoms with Crippen molar-refractivity contribution >= 4 is 11.3 Å². The van der Waals surface area contributed by atoms with E-state index in [2.05, 4.69) is 11.1 Å². The van der Waals surface area contributed by atoms with Crippen LogP contribution in [-0.2, 0) is 6.61 Å². The summed E-state index contributed by atoms with van der Waals surface area (Å²) in [6, 6.07) is 6.01. The summed E-state index contributed by atoms with van der Waals surface area (Å²) in [6.07, 6.45) is 0. The van der Waals surface area contributed by atoms with Gasteiger partial charge < -0.3 is 9.84 Å². The number of aliphatic hydroxyl groups excluding tert-OH is 1. The summed E-state index contributed by atoms with van der Waals surface area (Å²) < 4.78 is 5.34. The van der Waals surface area contributed by atoms with Gasteiger partial charge in [0.1, 0.15) is 10.8 Å². The minimum absolute atomic E-state index is 0.0174. The number of aliphatic hydroxyl groups is 1. The minimum Gasteiger partial charge on any atom is -0.496 e. The largest absolute Gasteiger partial charge is 0.496 e. The van der Waals surface area contributed by atoms with Crippen LogP contribution in [0.4, 0.5) is 0 Å². The average Bonchev–Trinajstić information content (AvgIpc) is 2.70. The molecule has 1 heterocycles. The molecule has 0 saturated heterocycles. The third kappa shape index (κ3) is 2.33. The summed E-state index contributed by atoms with van der Waals surface area (Å²) in [4.78, 5) is 5.48. The summed E-state index contributed by atoms with van der Waals surface area (Å²) in [5.74, 6) is 0.814. The van der Waals surface area contributed by atoms with Crippen LogP contribution in [0.25, 0.3) is 10.6 Å². The monoisotopic (exact) mass is 249 g/mol. The van der Waals surface area contributed by atoms with Crippen molar-refractivity contribution in [3.05, 3.63) is 34.3 Å². The van der Waals surface area contributed by atoms with E-state index in [1.54, 1.807) is 18.4 Å². The average molecular weight is 249 g/mol. The maximum Gasteiger partial charge on any atom is 0.129 e. The fraction of sp³-hybridized carbons (Fsp3) is 0.308. The summed E-state index contributed by atoms with van der Waals surface area (Å²) in [6.45, 7) is 3.99. The Balaban J connectivity index is 2.54. The van der Waals surface area contributed by atoms with E-state index in [9.17, 15) is 5.11 Å². The highest BCUT2D eigenvalue weighted by atomic mass is 32.1. The zero-order valence-electron chi connectivity index (χ0n) is 10.2. The van der Waals surface area contributed by atoms with Crippen molar-refractivity contribution in [2.75, 3.05) is 7.11 Å². The van der Waals surface area contributed by atoms with Gasteiger partial charge in [-0.1, -0.05) is 11.6 Å². The first-order valence-electron chi connectivity index (χ1n) is 5.38. The zero-order chi connectivity index (χ0) is 12.4. The number of aromatic nitrogens is 1. The number of hydrogen-bond donors (Lipinski definition) is 1. The lowest BCUT2D eigenvalue weighted by molar-refractivity contribution is 0.277. The van der Waals surface area contributed by atoms with Crippen molar-refractivity contribution < 1.29 is 9.84 Å². The van der Waals surface area contributed by atoms with Crippen molar-refractivity contribution in [1.82, 2.24) is 4.98 Å². The molecule has 1 aromatic heterocycles. The number of methoxy groups -OCH3 is 1. The Morgan fingerprint density at radius 2 is 2.12 bits per heavy atom. The molecule has 0 unspecified atom stereocenters. The molecule has 0 aliphatic rings. The topological polar surface area (TPSA) is 42.4 Å². The Morgan fingerprint density at radius 3 is 2.71 bits per heavy atom. The SMILES string of the molecule is COc1ccc(C)cc1-c1nc(CO)c(C)s1. The number of benzene rings is 1. The highest BCUT2D eigenvalue weighted by molar-refractivity contribution is 7.15. The molecular weight excluding hydrogens is 234 g/mol. The molecule has 1 N–H and O–H groups in total. The van der Waals surface area contributed by atoms with Crippen molar-refractivity contribution in [2.24, 2.45) is 0 Å². The van der Waals surface area contributed by atoms with Crippen LogP contribution < -0.4 is 4.74 Å². The second kappa shape index (κ2) is 4.85. The van der Waals surface area contributed by atoms with Crippen LogP contribution in [0.5, 0.6) is 5.75 Å². The van der Waals surface area contributed by atoms with Gasteiger partial charge >= 0.3 is 0 Å². The smallest absolute Gasteiger partial charge is 0.129 e. The maximum atomic E-state index is 9.17. The van der Waals surface area contributed by atoms with E-state index in [-0.39, 0.29) is 6.61 Å². The first-order chi connectivity index (χ1) is 8.15. The Bertz CT molecular complexity index is 534. The molecule has 0 aliphatic heterocycles. The fourth-order valence-electron chi connectivity index (χ4n) is 1.68. The van der Waals surface area contributed by atoms with Crippen molar-refractivity contribution in [2.45, 2.75) is 20.5 Å². The van der Waals surface area contributed by atoms with Crippen molar-refractivity contribution in [1.29, 1.82) is 0 Å². The quantitative estimate of drug-likeness (QED) is 0.909. The third-order valence-electron chi connectivity index (χ3n) is 2.63. The first kappa shape index (κ1) is 12.1. The van der Waals surface area contributed by atoms with Gasteiger partial charge in [0.25, 0.3) is 0 Å². The third-order valence-corrected chi connectivity index (χ3v) is 3.67. The summed E-state index contributed by atoms with van der Waals surface area (Å²) in [5, 5.41) is 10.1. The van der Waals surface area contributed by atoms with E-state index >= 15 is 0 Å².